The summed E-state index contributed by atoms with van der Waals surface area (Å²) in [6, 6.07) is 6.46. The zero-order chi connectivity index (χ0) is 29.6. The van der Waals surface area contributed by atoms with Gasteiger partial charge < -0.3 is 26.0 Å². The number of thiophene rings is 1. The Morgan fingerprint density at radius 3 is 2.81 bits per heavy atom. The number of anilines is 2. The van der Waals surface area contributed by atoms with E-state index in [4.69, 9.17) is 27.1 Å². The van der Waals surface area contributed by atoms with Gasteiger partial charge in [0, 0.05) is 35.0 Å². The van der Waals surface area contributed by atoms with Crippen molar-refractivity contribution < 1.29 is 13.5 Å². The van der Waals surface area contributed by atoms with Crippen molar-refractivity contribution in [2.24, 2.45) is 0 Å². The molecule has 0 amide bonds. The second kappa shape index (κ2) is 11.4. The maximum Gasteiger partial charge on any atom is 0.319 e. The Hall–Kier alpha value is -3.30. The molecule has 2 fully saturated rings. The zero-order valence-corrected chi connectivity index (χ0v) is 25.1. The Morgan fingerprint density at radius 2 is 2.12 bits per heavy atom. The van der Waals surface area contributed by atoms with Gasteiger partial charge in [-0.25, -0.2) is 8.78 Å². The molecule has 2 aliphatic rings. The molecule has 4 N–H and O–H groups in total. The summed E-state index contributed by atoms with van der Waals surface area (Å²) in [5.74, 6) is -0.664. The van der Waals surface area contributed by atoms with E-state index in [0.717, 1.165) is 69.6 Å². The second-order valence-electron chi connectivity index (χ2n) is 11.2. The number of halogens is 3. The zero-order valence-electron chi connectivity index (χ0n) is 23.5. The molecule has 2 saturated heterocycles. The number of fused-ring (bicyclic) bond motifs is 2. The van der Waals surface area contributed by atoms with Crippen LogP contribution in [0, 0.1) is 23.0 Å². The maximum absolute atomic E-state index is 16.7. The van der Waals surface area contributed by atoms with Crippen LogP contribution in [-0.4, -0.2) is 54.8 Å². The van der Waals surface area contributed by atoms with Gasteiger partial charge in [0.05, 0.1) is 21.4 Å². The Morgan fingerprint density at radius 1 is 1.31 bits per heavy atom. The number of hydrogen-bond donors (Lipinski definition) is 3. The summed E-state index contributed by atoms with van der Waals surface area (Å²) in [6.07, 6.45) is 4.62. The molecule has 6 rings (SSSR count). The van der Waals surface area contributed by atoms with Crippen LogP contribution in [0.5, 0.6) is 6.01 Å². The van der Waals surface area contributed by atoms with Crippen LogP contribution in [0.3, 0.4) is 0 Å². The lowest BCUT2D eigenvalue weighted by Gasteiger charge is -2.39. The van der Waals surface area contributed by atoms with Crippen molar-refractivity contribution in [2.45, 2.75) is 50.7 Å². The summed E-state index contributed by atoms with van der Waals surface area (Å²) in [7, 11) is 1.92. The lowest BCUT2D eigenvalue weighted by atomic mass is 9.87. The van der Waals surface area contributed by atoms with Gasteiger partial charge in [0.25, 0.3) is 0 Å². The molecule has 1 spiro atoms. The molecule has 2 aliphatic heterocycles. The highest BCUT2D eigenvalue weighted by atomic mass is 35.5. The van der Waals surface area contributed by atoms with E-state index in [1.54, 1.807) is 6.07 Å². The first-order chi connectivity index (χ1) is 20.2. The number of unbranched alkanes of at least 4 members (excludes halogenated alkanes) is 1. The van der Waals surface area contributed by atoms with Crippen LogP contribution in [0.1, 0.15) is 44.6 Å². The fourth-order valence-corrected chi connectivity index (χ4v) is 7.31. The summed E-state index contributed by atoms with van der Waals surface area (Å²) in [4.78, 5) is 11.5. The van der Waals surface area contributed by atoms with Gasteiger partial charge in [-0.15, -0.1) is 11.3 Å². The summed E-state index contributed by atoms with van der Waals surface area (Å²) >= 11 is 7.75. The Bertz CT molecular complexity index is 1720. The third-order valence-corrected chi connectivity index (χ3v) is 9.72. The molecule has 220 valence electrons. The molecule has 0 aliphatic carbocycles. The van der Waals surface area contributed by atoms with E-state index in [-0.39, 0.29) is 60.0 Å². The number of nitrogens with one attached hydrogen (secondary N) is 2. The number of benzene rings is 2. The molecule has 4 heterocycles. The Balaban J connectivity index is 1.49. The predicted molar refractivity (Wildman–Crippen MR) is 164 cm³/mol. The molecule has 42 heavy (non-hydrogen) atoms. The third-order valence-electron chi connectivity index (χ3n) is 8.39. The van der Waals surface area contributed by atoms with Gasteiger partial charge in [-0.05, 0) is 76.9 Å². The lowest BCUT2D eigenvalue weighted by molar-refractivity contribution is 0.190. The van der Waals surface area contributed by atoms with Gasteiger partial charge in [0.2, 0.25) is 0 Å². The number of nitriles is 1. The molecule has 2 unspecified atom stereocenters. The van der Waals surface area contributed by atoms with Crippen LogP contribution in [0.25, 0.3) is 32.1 Å². The van der Waals surface area contributed by atoms with E-state index in [1.807, 2.05) is 20.0 Å². The van der Waals surface area contributed by atoms with Crippen molar-refractivity contribution in [3.63, 3.8) is 0 Å². The fourth-order valence-electron chi connectivity index (χ4n) is 6.06. The Labute approximate surface area is 251 Å². The molecule has 8 nitrogen and oxygen atoms in total. The van der Waals surface area contributed by atoms with E-state index < -0.39 is 11.6 Å². The average Bonchev–Trinajstić information content (AvgIpc) is 3.55. The number of hydrogen-bond acceptors (Lipinski definition) is 9. The molecule has 4 aromatic rings. The van der Waals surface area contributed by atoms with Gasteiger partial charge in [0.1, 0.15) is 28.2 Å². The molecule has 12 heteroatoms. The summed E-state index contributed by atoms with van der Waals surface area (Å²) in [6.45, 7) is 5.34. The van der Waals surface area contributed by atoms with Crippen molar-refractivity contribution in [3.05, 3.63) is 40.4 Å². The third kappa shape index (κ3) is 5.00. The van der Waals surface area contributed by atoms with E-state index >= 15 is 4.39 Å². The van der Waals surface area contributed by atoms with Crippen molar-refractivity contribution in [3.8, 4) is 23.2 Å². The first-order valence-corrected chi connectivity index (χ1v) is 15.4. The number of rotatable bonds is 9. The van der Waals surface area contributed by atoms with Crippen LogP contribution in [-0.2, 0) is 0 Å². The number of nitrogens with zero attached hydrogens (tertiary/aromatic N) is 4. The number of nitrogen functional groups attached to an aromatic ring is 1. The highest BCUT2D eigenvalue weighted by Gasteiger charge is 2.43. The highest BCUT2D eigenvalue weighted by Crippen LogP contribution is 2.46. The largest absolute Gasteiger partial charge is 0.460 e. The van der Waals surface area contributed by atoms with E-state index in [2.05, 4.69) is 20.5 Å². The van der Waals surface area contributed by atoms with Gasteiger partial charge in [-0.1, -0.05) is 17.7 Å². The van der Waals surface area contributed by atoms with Crippen molar-refractivity contribution >= 4 is 54.7 Å². The van der Waals surface area contributed by atoms with Gasteiger partial charge in [0.15, 0.2) is 5.82 Å². The first-order valence-electron chi connectivity index (χ1n) is 14.2. The average molecular weight is 612 g/mol. The van der Waals surface area contributed by atoms with E-state index in [9.17, 15) is 9.65 Å². The van der Waals surface area contributed by atoms with E-state index in [0.29, 0.717) is 11.2 Å². The predicted octanol–water partition coefficient (Wildman–Crippen LogP) is 6.00. The van der Waals surface area contributed by atoms with E-state index in [1.165, 1.54) is 12.1 Å². The van der Waals surface area contributed by atoms with Gasteiger partial charge in [-0.2, -0.15) is 15.2 Å². The van der Waals surface area contributed by atoms with Crippen LogP contribution in [0.2, 0.25) is 5.02 Å². The molecular formula is C30H32ClF2N7OS. The second-order valence-corrected chi connectivity index (χ2v) is 12.6. The first kappa shape index (κ1) is 28.8. The molecule has 2 aromatic heterocycles. The minimum absolute atomic E-state index is 0.0257. The lowest BCUT2D eigenvalue weighted by Crippen LogP contribution is -2.58. The van der Waals surface area contributed by atoms with Crippen molar-refractivity contribution in [1.82, 2.24) is 20.6 Å². The number of nitrogens with two attached hydrogens (primary N) is 1. The smallest absolute Gasteiger partial charge is 0.319 e. The topological polar surface area (TPSA) is 112 Å². The van der Waals surface area contributed by atoms with Crippen LogP contribution in [0.4, 0.5) is 19.6 Å². The maximum atomic E-state index is 16.7. The monoisotopic (exact) mass is 611 g/mol. The Kier molecular flexibility index (Phi) is 7.83. The normalized spacial score (nSPS) is 19.0. The van der Waals surface area contributed by atoms with Crippen molar-refractivity contribution in [2.75, 3.05) is 43.9 Å². The molecule has 0 radical (unpaired) electrons. The minimum Gasteiger partial charge on any atom is -0.460 e. The SMILES string of the molecule is CNCCCCC(C)Oc1nc(N2CCC3(CCN3)C2)c2cc(Cl)c(-c3ccc(F)c4sc(N)c(C#N)c34)c(F)c2n1. The minimum atomic E-state index is -0.690. The highest BCUT2D eigenvalue weighted by molar-refractivity contribution is 7.23. The fraction of sp³-hybridized carbons (Fsp3) is 0.433. The molecule has 2 aromatic carbocycles. The van der Waals surface area contributed by atoms with Crippen LogP contribution in [0.15, 0.2) is 18.2 Å². The number of aromatic nitrogens is 2. The number of ether oxygens (including phenoxy) is 1. The van der Waals surface area contributed by atoms with Gasteiger partial charge >= 0.3 is 6.01 Å². The van der Waals surface area contributed by atoms with Crippen LogP contribution < -0.4 is 26.0 Å². The molecule has 2 atom stereocenters. The quantitative estimate of drug-likeness (QED) is 0.198. The molecule has 0 saturated carbocycles. The molecule has 0 bridgehead atoms. The standard InChI is InChI=1S/C30H32ClF2N7OS/c1-16(5-3-4-10-36-2)41-29-38-25-18(28(39-29)40-12-9-30(15-40)8-11-37-30)13-20(31)23(24(25)33)17-6-7-21(32)26-22(17)19(14-34)27(35)42-26/h6-7,13,16,36-37H,3-5,8-12,15,35H2,1-2H3. The van der Waals surface area contributed by atoms with Crippen LogP contribution >= 0.6 is 22.9 Å². The van der Waals surface area contributed by atoms with Gasteiger partial charge in [-0.3, -0.25) is 0 Å². The summed E-state index contributed by atoms with van der Waals surface area (Å²) in [5.41, 5.74) is 6.53. The summed E-state index contributed by atoms with van der Waals surface area (Å²) < 4.78 is 37.8. The van der Waals surface area contributed by atoms with Crippen molar-refractivity contribution in [1.29, 1.82) is 5.26 Å². The molecular weight excluding hydrogens is 580 g/mol. The summed E-state index contributed by atoms with van der Waals surface area (Å²) in [5, 5.41) is 17.5.